The molecule has 2 nitrogen and oxygen atoms in total. The monoisotopic (exact) mass is 181 g/mol. The summed E-state index contributed by atoms with van der Waals surface area (Å²) >= 11 is 0. The highest BCUT2D eigenvalue weighted by Crippen LogP contribution is 2.19. The third-order valence-corrected chi connectivity index (χ3v) is 1.66. The van der Waals surface area contributed by atoms with Gasteiger partial charge in [0, 0.05) is 12.4 Å². The molecule has 1 rings (SSSR count). The van der Waals surface area contributed by atoms with Crippen LogP contribution in [0, 0.1) is 5.92 Å². The minimum absolute atomic E-state index is 0.249. The zero-order chi connectivity index (χ0) is 10.3. The molecule has 0 aliphatic rings. The lowest BCUT2D eigenvalue weighted by Gasteiger charge is -2.13. The number of hydrogen-bond acceptors (Lipinski definition) is 2. The summed E-state index contributed by atoms with van der Waals surface area (Å²) in [5.74, 6) is 0.249. The van der Waals surface area contributed by atoms with Gasteiger partial charge in [0.15, 0.2) is 0 Å². The fourth-order valence-corrected chi connectivity index (χ4v) is 0.936. The van der Waals surface area contributed by atoms with Crippen molar-refractivity contribution in [3.8, 4) is 0 Å². The smallest absolute Gasteiger partial charge is 0.0827 e. The number of nitrogens with zero attached hydrogens (tertiary/aromatic N) is 1. The minimum Gasteiger partial charge on any atom is -0.388 e. The van der Waals surface area contributed by atoms with Crippen molar-refractivity contribution in [3.63, 3.8) is 0 Å². The van der Waals surface area contributed by atoms with Crippen LogP contribution in [0.25, 0.3) is 0 Å². The first kappa shape index (κ1) is 12.1. The van der Waals surface area contributed by atoms with Crippen molar-refractivity contribution in [2.45, 2.75) is 33.8 Å². The molecule has 0 bridgehead atoms. The average molecular weight is 181 g/mol. The van der Waals surface area contributed by atoms with Crippen LogP contribution in [0.5, 0.6) is 0 Å². The quantitative estimate of drug-likeness (QED) is 0.761. The molecule has 0 aliphatic carbocycles. The second-order valence-electron chi connectivity index (χ2n) is 2.98. The Hall–Kier alpha value is -0.890. The van der Waals surface area contributed by atoms with E-state index in [0.29, 0.717) is 0 Å². The van der Waals surface area contributed by atoms with Crippen LogP contribution in [0.1, 0.15) is 39.4 Å². The van der Waals surface area contributed by atoms with Gasteiger partial charge in [0.05, 0.1) is 6.10 Å². The summed E-state index contributed by atoms with van der Waals surface area (Å²) in [4.78, 5) is 3.93. The molecule has 0 radical (unpaired) electrons. The molecule has 0 amide bonds. The largest absolute Gasteiger partial charge is 0.388 e. The van der Waals surface area contributed by atoms with Gasteiger partial charge in [0.2, 0.25) is 0 Å². The van der Waals surface area contributed by atoms with E-state index < -0.39 is 0 Å². The molecule has 74 valence electrons. The topological polar surface area (TPSA) is 33.1 Å². The van der Waals surface area contributed by atoms with E-state index >= 15 is 0 Å². The van der Waals surface area contributed by atoms with Crippen molar-refractivity contribution in [3.05, 3.63) is 30.1 Å². The van der Waals surface area contributed by atoms with Crippen molar-refractivity contribution in [2.24, 2.45) is 5.92 Å². The molecule has 0 fully saturated rings. The fourth-order valence-electron chi connectivity index (χ4n) is 0.936. The molecular formula is C11H19NO. The standard InChI is InChI=1S/C9H13NO.C2H6/c1-7(2)9(11)8-4-3-5-10-6-8;1-2/h3-7,9,11H,1-2H3;1-2H3. The van der Waals surface area contributed by atoms with Gasteiger partial charge in [-0.25, -0.2) is 0 Å². The van der Waals surface area contributed by atoms with Gasteiger partial charge in [-0.15, -0.1) is 0 Å². The van der Waals surface area contributed by atoms with Gasteiger partial charge < -0.3 is 5.11 Å². The first-order valence-corrected chi connectivity index (χ1v) is 4.80. The van der Waals surface area contributed by atoms with E-state index in [2.05, 4.69) is 4.98 Å². The normalized spacial score (nSPS) is 11.8. The van der Waals surface area contributed by atoms with Gasteiger partial charge in [0.25, 0.3) is 0 Å². The molecule has 1 N–H and O–H groups in total. The van der Waals surface area contributed by atoms with Crippen molar-refractivity contribution in [1.82, 2.24) is 4.98 Å². The highest BCUT2D eigenvalue weighted by molar-refractivity contribution is 5.11. The molecule has 0 spiro atoms. The average Bonchev–Trinajstić information content (AvgIpc) is 2.21. The molecule has 13 heavy (non-hydrogen) atoms. The van der Waals surface area contributed by atoms with Gasteiger partial charge in [0.1, 0.15) is 0 Å². The number of aliphatic hydroxyl groups is 1. The van der Waals surface area contributed by atoms with Crippen LogP contribution in [0.3, 0.4) is 0 Å². The molecule has 1 heterocycles. The van der Waals surface area contributed by atoms with E-state index in [1.807, 2.05) is 39.8 Å². The Labute approximate surface area is 80.6 Å². The molecule has 1 atom stereocenters. The third kappa shape index (κ3) is 4.04. The zero-order valence-electron chi connectivity index (χ0n) is 8.86. The Morgan fingerprint density at radius 3 is 2.31 bits per heavy atom. The van der Waals surface area contributed by atoms with Crippen LogP contribution in [-0.4, -0.2) is 10.1 Å². The SMILES string of the molecule is CC.CC(C)C(O)c1cccnc1. The summed E-state index contributed by atoms with van der Waals surface area (Å²) < 4.78 is 0. The van der Waals surface area contributed by atoms with E-state index in [0.717, 1.165) is 5.56 Å². The van der Waals surface area contributed by atoms with E-state index in [1.54, 1.807) is 12.4 Å². The van der Waals surface area contributed by atoms with Crippen LogP contribution in [0.2, 0.25) is 0 Å². The van der Waals surface area contributed by atoms with Gasteiger partial charge in [-0.2, -0.15) is 0 Å². The number of pyridine rings is 1. The first-order valence-electron chi connectivity index (χ1n) is 4.80. The van der Waals surface area contributed by atoms with Crippen LogP contribution >= 0.6 is 0 Å². The minimum atomic E-state index is -0.385. The Morgan fingerprint density at radius 1 is 1.31 bits per heavy atom. The van der Waals surface area contributed by atoms with E-state index in [1.165, 1.54) is 0 Å². The maximum absolute atomic E-state index is 9.56. The lowest BCUT2D eigenvalue weighted by Crippen LogP contribution is -2.05. The maximum Gasteiger partial charge on any atom is 0.0827 e. The molecule has 1 unspecified atom stereocenters. The van der Waals surface area contributed by atoms with Gasteiger partial charge in [-0.3, -0.25) is 4.98 Å². The summed E-state index contributed by atoms with van der Waals surface area (Å²) in [7, 11) is 0. The molecule has 0 aliphatic heterocycles. The second kappa shape index (κ2) is 6.61. The van der Waals surface area contributed by atoms with Gasteiger partial charge in [-0.1, -0.05) is 33.8 Å². The first-order chi connectivity index (χ1) is 6.22. The van der Waals surface area contributed by atoms with Crippen LogP contribution in [-0.2, 0) is 0 Å². The van der Waals surface area contributed by atoms with Crippen LogP contribution < -0.4 is 0 Å². The van der Waals surface area contributed by atoms with Crippen molar-refractivity contribution in [1.29, 1.82) is 0 Å². The summed E-state index contributed by atoms with van der Waals surface area (Å²) in [6.45, 7) is 7.97. The summed E-state index contributed by atoms with van der Waals surface area (Å²) in [6.07, 6.45) is 3.02. The predicted molar refractivity (Wildman–Crippen MR) is 55.4 cm³/mol. The predicted octanol–water partition coefficient (Wildman–Crippen LogP) is 2.80. The number of aromatic nitrogens is 1. The van der Waals surface area contributed by atoms with E-state index in [4.69, 9.17) is 0 Å². The summed E-state index contributed by atoms with van der Waals surface area (Å²) in [5.41, 5.74) is 0.891. The molecule has 1 aromatic heterocycles. The summed E-state index contributed by atoms with van der Waals surface area (Å²) in [6, 6.07) is 3.72. The Bertz CT molecular complexity index is 209. The second-order valence-corrected chi connectivity index (χ2v) is 2.98. The summed E-state index contributed by atoms with van der Waals surface area (Å²) in [5, 5.41) is 9.56. The van der Waals surface area contributed by atoms with Crippen LogP contribution in [0.15, 0.2) is 24.5 Å². The number of rotatable bonds is 2. The lowest BCUT2D eigenvalue weighted by molar-refractivity contribution is 0.126. The fraction of sp³-hybridized carbons (Fsp3) is 0.545. The Morgan fingerprint density at radius 2 is 1.92 bits per heavy atom. The van der Waals surface area contributed by atoms with Crippen molar-refractivity contribution >= 4 is 0 Å². The van der Waals surface area contributed by atoms with Gasteiger partial charge in [-0.05, 0) is 17.5 Å². The highest BCUT2D eigenvalue weighted by Gasteiger charge is 2.10. The molecule has 0 saturated heterocycles. The molecule has 0 aromatic carbocycles. The lowest BCUT2D eigenvalue weighted by atomic mass is 10.0. The third-order valence-electron chi connectivity index (χ3n) is 1.66. The van der Waals surface area contributed by atoms with Crippen molar-refractivity contribution in [2.75, 3.05) is 0 Å². The Balaban J connectivity index is 0.000000671. The molecule has 0 saturated carbocycles. The Kier molecular flexibility index (Phi) is 6.15. The zero-order valence-corrected chi connectivity index (χ0v) is 8.86. The number of aliphatic hydroxyl groups excluding tert-OH is 1. The van der Waals surface area contributed by atoms with Crippen molar-refractivity contribution < 1.29 is 5.11 Å². The van der Waals surface area contributed by atoms with E-state index in [9.17, 15) is 5.11 Å². The molecule has 1 aromatic rings. The van der Waals surface area contributed by atoms with E-state index in [-0.39, 0.29) is 12.0 Å². The van der Waals surface area contributed by atoms with Crippen LogP contribution in [0.4, 0.5) is 0 Å². The highest BCUT2D eigenvalue weighted by atomic mass is 16.3. The molecular weight excluding hydrogens is 162 g/mol. The van der Waals surface area contributed by atoms with Gasteiger partial charge >= 0.3 is 0 Å². The maximum atomic E-state index is 9.56. The molecule has 2 heteroatoms. The number of hydrogen-bond donors (Lipinski definition) is 1.